The number of carbonyl (C=O) groups excluding carboxylic acids is 1. The van der Waals surface area contributed by atoms with Gasteiger partial charge in [0.05, 0.1) is 9.60 Å². The molecule has 9 nitrogen and oxygen atoms in total. The van der Waals surface area contributed by atoms with E-state index in [4.69, 9.17) is 4.74 Å². The quantitative estimate of drug-likeness (QED) is 0.414. The van der Waals surface area contributed by atoms with Crippen LogP contribution in [0, 0.1) is 0 Å². The zero-order valence-corrected chi connectivity index (χ0v) is 18.9. The first-order chi connectivity index (χ1) is 15.7. The summed E-state index contributed by atoms with van der Waals surface area (Å²) in [6.07, 6.45) is 5.04. The van der Waals surface area contributed by atoms with Crippen LogP contribution in [-0.2, 0) is 16.3 Å². The van der Waals surface area contributed by atoms with Gasteiger partial charge in [0.2, 0.25) is 0 Å². The van der Waals surface area contributed by atoms with E-state index < -0.39 is 0 Å². The number of hydrogen-bond donors (Lipinski definition) is 2. The maximum absolute atomic E-state index is 13.2. The van der Waals surface area contributed by atoms with Crippen molar-refractivity contribution in [2.45, 2.75) is 10.9 Å². The molecule has 11 heteroatoms. The number of nitrogens with zero attached hydrogens (tertiary/aromatic N) is 5. The van der Waals surface area contributed by atoms with E-state index in [0.29, 0.717) is 17.3 Å². The van der Waals surface area contributed by atoms with Gasteiger partial charge in [0.15, 0.2) is 18.2 Å². The van der Waals surface area contributed by atoms with Crippen molar-refractivity contribution in [2.24, 2.45) is 0 Å². The molecule has 5 heterocycles. The minimum absolute atomic E-state index is 0.188. The number of rotatable bonds is 6. The molecule has 32 heavy (non-hydrogen) atoms. The smallest absolute Gasteiger partial charge is 0.277 e. The Hall–Kier alpha value is -3.57. The van der Waals surface area contributed by atoms with Gasteiger partial charge in [-0.25, -0.2) is 15.0 Å². The third-order valence-corrected chi connectivity index (χ3v) is 6.95. The highest BCUT2D eigenvalue weighted by Crippen LogP contribution is 2.44. The fourth-order valence-corrected chi connectivity index (χ4v) is 5.48. The summed E-state index contributed by atoms with van der Waals surface area (Å²) in [7, 11) is 3.67. The van der Waals surface area contributed by atoms with Gasteiger partial charge in [-0.15, -0.1) is 11.3 Å². The van der Waals surface area contributed by atoms with E-state index in [0.717, 1.165) is 26.6 Å². The number of fused-ring (bicyclic) bond motifs is 2. The van der Waals surface area contributed by atoms with Gasteiger partial charge in [0.25, 0.3) is 5.91 Å². The van der Waals surface area contributed by atoms with E-state index in [1.165, 1.54) is 18.3 Å². The summed E-state index contributed by atoms with van der Waals surface area (Å²) in [6, 6.07) is 9.28. The second-order valence-corrected chi connectivity index (χ2v) is 9.14. The van der Waals surface area contributed by atoms with Crippen LogP contribution in [0.2, 0.25) is 0 Å². The Morgan fingerprint density at radius 1 is 1.19 bits per heavy atom. The summed E-state index contributed by atoms with van der Waals surface area (Å²) in [4.78, 5) is 26.0. The van der Waals surface area contributed by atoms with Gasteiger partial charge >= 0.3 is 0 Å². The van der Waals surface area contributed by atoms with Crippen molar-refractivity contribution in [3.8, 4) is 0 Å². The minimum atomic E-state index is -0.289. The van der Waals surface area contributed by atoms with E-state index in [2.05, 4.69) is 25.6 Å². The number of carbonyl (C=O) groups is 1. The molecule has 0 bridgehead atoms. The van der Waals surface area contributed by atoms with E-state index in [-0.39, 0.29) is 12.6 Å². The Bertz CT molecular complexity index is 1320. The average Bonchev–Trinajstić information content (AvgIpc) is 3.44. The number of aromatic nitrogens is 4. The first-order valence-electron chi connectivity index (χ1n) is 9.72. The third-order valence-electron chi connectivity index (χ3n) is 4.89. The predicted molar refractivity (Wildman–Crippen MR) is 126 cm³/mol. The molecular weight excluding hydrogens is 446 g/mol. The first-order valence-corrected chi connectivity index (χ1v) is 11.4. The summed E-state index contributed by atoms with van der Waals surface area (Å²) < 4.78 is 11.0. The topological polar surface area (TPSA) is 97.2 Å². The maximum atomic E-state index is 13.2. The van der Waals surface area contributed by atoms with E-state index in [9.17, 15) is 4.79 Å². The lowest BCUT2D eigenvalue weighted by atomic mass is 10.2. The van der Waals surface area contributed by atoms with Crippen LogP contribution in [0.5, 0.6) is 0 Å². The van der Waals surface area contributed by atoms with Crippen LogP contribution < -0.4 is 10.6 Å². The van der Waals surface area contributed by atoms with Gasteiger partial charge in [-0.1, -0.05) is 6.07 Å². The molecular formula is C21H19N7O2S2. The lowest BCUT2D eigenvalue weighted by molar-refractivity contribution is -0.113. The zero-order chi connectivity index (χ0) is 22.1. The van der Waals surface area contributed by atoms with Gasteiger partial charge in [-0.05, 0) is 41.6 Å². The molecule has 1 aliphatic heterocycles. The van der Waals surface area contributed by atoms with Crippen LogP contribution in [0.3, 0.4) is 0 Å². The molecule has 0 spiro atoms. The molecule has 0 saturated heterocycles. The largest absolute Gasteiger partial charge is 0.470 e. The molecule has 2 N–H and O–H groups in total. The minimum Gasteiger partial charge on any atom is -0.470 e. The SMILES string of the molecule is CNc1ncnc2c1ccn2COC1=C(C(=O)Nc2ccccn2)N(C)Sc2sccc21. The van der Waals surface area contributed by atoms with Crippen molar-refractivity contribution in [1.82, 2.24) is 23.8 Å². The lowest BCUT2D eigenvalue weighted by Gasteiger charge is -2.28. The highest BCUT2D eigenvalue weighted by molar-refractivity contribution is 7.99. The molecule has 0 saturated carbocycles. The van der Waals surface area contributed by atoms with Crippen LogP contribution in [0.25, 0.3) is 16.8 Å². The summed E-state index contributed by atoms with van der Waals surface area (Å²) in [5, 5.41) is 8.81. The number of nitrogens with one attached hydrogen (secondary N) is 2. The van der Waals surface area contributed by atoms with Crippen LogP contribution in [0.4, 0.5) is 11.6 Å². The van der Waals surface area contributed by atoms with Crippen molar-refractivity contribution < 1.29 is 9.53 Å². The van der Waals surface area contributed by atoms with Gasteiger partial charge in [0.1, 0.15) is 23.6 Å². The molecule has 0 aliphatic carbocycles. The maximum Gasteiger partial charge on any atom is 0.277 e. The van der Waals surface area contributed by atoms with Crippen LogP contribution in [-0.4, -0.2) is 43.8 Å². The molecule has 4 aromatic heterocycles. The average molecular weight is 466 g/mol. The molecule has 0 unspecified atom stereocenters. The van der Waals surface area contributed by atoms with E-state index >= 15 is 0 Å². The number of pyridine rings is 1. The monoisotopic (exact) mass is 465 g/mol. The molecule has 162 valence electrons. The Labute approximate surface area is 192 Å². The molecule has 0 radical (unpaired) electrons. The second kappa shape index (κ2) is 8.52. The summed E-state index contributed by atoms with van der Waals surface area (Å²) in [5.74, 6) is 1.45. The summed E-state index contributed by atoms with van der Waals surface area (Å²) >= 11 is 3.11. The molecule has 5 rings (SSSR count). The third kappa shape index (κ3) is 3.65. The van der Waals surface area contributed by atoms with Crippen molar-refractivity contribution in [2.75, 3.05) is 24.7 Å². The molecule has 1 aliphatic rings. The molecule has 0 fully saturated rings. The number of thiophene rings is 1. The zero-order valence-electron chi connectivity index (χ0n) is 17.3. The molecule has 4 aromatic rings. The van der Waals surface area contributed by atoms with Crippen molar-refractivity contribution in [1.29, 1.82) is 0 Å². The van der Waals surface area contributed by atoms with Crippen molar-refractivity contribution in [3.63, 3.8) is 0 Å². The van der Waals surface area contributed by atoms with E-state index in [1.807, 2.05) is 52.7 Å². The highest BCUT2D eigenvalue weighted by atomic mass is 32.2. The number of hydrogen-bond acceptors (Lipinski definition) is 9. The Morgan fingerprint density at radius 3 is 2.91 bits per heavy atom. The Balaban J connectivity index is 1.49. The second-order valence-electron chi connectivity index (χ2n) is 6.83. The normalized spacial score (nSPS) is 13.2. The Kier molecular flexibility index (Phi) is 5.41. The van der Waals surface area contributed by atoms with Crippen LogP contribution in [0.1, 0.15) is 5.56 Å². The standard InChI is InChI=1S/C21H19N7O2S2/c1-22-18-14-6-9-28(19(14)25-11-24-18)12-30-17-13-7-10-31-21(13)32-27(2)16(17)20(29)26-15-5-3-4-8-23-15/h3-11H,12H2,1-2H3,(H,22,24,25)(H,23,26,29). The van der Waals surface area contributed by atoms with Gasteiger partial charge in [-0.3, -0.25) is 9.36 Å². The van der Waals surface area contributed by atoms with Crippen LogP contribution >= 0.6 is 23.3 Å². The van der Waals surface area contributed by atoms with Crippen LogP contribution in [0.15, 0.2) is 64.3 Å². The van der Waals surface area contributed by atoms with E-state index in [1.54, 1.807) is 29.7 Å². The van der Waals surface area contributed by atoms with Gasteiger partial charge in [-0.2, -0.15) is 0 Å². The van der Waals surface area contributed by atoms with Crippen molar-refractivity contribution >= 4 is 57.6 Å². The Morgan fingerprint density at radius 2 is 2.09 bits per heavy atom. The number of anilines is 2. The van der Waals surface area contributed by atoms with Gasteiger partial charge in [0, 0.05) is 32.1 Å². The predicted octanol–water partition coefficient (Wildman–Crippen LogP) is 3.86. The summed E-state index contributed by atoms with van der Waals surface area (Å²) in [6.45, 7) is 0.188. The number of ether oxygens (including phenoxy) is 1. The lowest BCUT2D eigenvalue weighted by Crippen LogP contribution is -2.28. The van der Waals surface area contributed by atoms with Crippen molar-refractivity contribution in [3.05, 3.63) is 65.7 Å². The highest BCUT2D eigenvalue weighted by Gasteiger charge is 2.31. The molecule has 1 amide bonds. The molecule has 0 atom stereocenters. The molecule has 0 aromatic carbocycles. The fourth-order valence-electron chi connectivity index (χ4n) is 3.42. The number of amides is 1. The number of likely N-dealkylation sites (N-methyl/N-ethyl adjacent to an activating group) is 1. The fraction of sp³-hybridized carbons (Fsp3) is 0.143. The first kappa shape index (κ1) is 20.3. The van der Waals surface area contributed by atoms with Gasteiger partial charge < -0.3 is 19.7 Å². The summed E-state index contributed by atoms with van der Waals surface area (Å²) in [5.41, 5.74) is 2.06.